The number of para-hydroxylation sites is 4. The third-order valence-electron chi connectivity index (χ3n) is 5.40. The van der Waals surface area contributed by atoms with Crippen molar-refractivity contribution in [3.63, 3.8) is 0 Å². The number of furan rings is 1. The van der Waals surface area contributed by atoms with E-state index in [0.717, 1.165) is 33.5 Å². The Hall–Kier alpha value is -4.06. The molecule has 1 amide bonds. The summed E-state index contributed by atoms with van der Waals surface area (Å²) in [5.41, 5.74) is 2.53. The molecule has 32 heavy (non-hydrogen) atoms. The van der Waals surface area contributed by atoms with E-state index < -0.39 is 0 Å². The minimum absolute atomic E-state index is 0.123. The predicted octanol–water partition coefficient (Wildman–Crippen LogP) is 5.24. The molecule has 0 unspecified atom stereocenters. The predicted molar refractivity (Wildman–Crippen MR) is 123 cm³/mol. The first-order valence-electron chi connectivity index (χ1n) is 10.6. The van der Waals surface area contributed by atoms with Crippen LogP contribution in [-0.2, 0) is 17.9 Å². The standard InChI is InChI=1S/C26H23N3O3/c1-18(24-15-19-9-5-8-14-23(19)32-24)27-26(30)16-29-22-13-7-6-12-21(22)28-25(29)17-31-20-10-3-2-4-11-20/h2-15,18H,16-17H2,1H3,(H,27,30)/t18-/m0/s1. The van der Waals surface area contributed by atoms with Crippen LogP contribution in [-0.4, -0.2) is 15.5 Å². The van der Waals surface area contributed by atoms with Gasteiger partial charge in [-0.1, -0.05) is 48.5 Å². The van der Waals surface area contributed by atoms with Crippen molar-refractivity contribution in [3.8, 4) is 5.75 Å². The van der Waals surface area contributed by atoms with Crippen molar-refractivity contribution >= 4 is 27.9 Å². The number of aromatic nitrogens is 2. The number of rotatable bonds is 7. The number of nitrogens with zero attached hydrogens (tertiary/aromatic N) is 2. The fourth-order valence-electron chi connectivity index (χ4n) is 3.79. The summed E-state index contributed by atoms with van der Waals surface area (Å²) < 4.78 is 13.7. The molecule has 3 aromatic carbocycles. The van der Waals surface area contributed by atoms with Gasteiger partial charge in [-0.05, 0) is 43.3 Å². The van der Waals surface area contributed by atoms with E-state index in [2.05, 4.69) is 10.3 Å². The third-order valence-corrected chi connectivity index (χ3v) is 5.40. The number of nitrogens with one attached hydrogen (secondary N) is 1. The Balaban J connectivity index is 1.34. The molecule has 160 valence electrons. The highest BCUT2D eigenvalue weighted by molar-refractivity contribution is 5.82. The Kier molecular flexibility index (Phi) is 5.34. The van der Waals surface area contributed by atoms with Crippen LogP contribution in [0, 0.1) is 0 Å². The molecule has 6 nitrogen and oxygen atoms in total. The average Bonchev–Trinajstić information content (AvgIpc) is 3.40. The van der Waals surface area contributed by atoms with E-state index >= 15 is 0 Å². The topological polar surface area (TPSA) is 69.3 Å². The van der Waals surface area contributed by atoms with Crippen molar-refractivity contribution in [2.75, 3.05) is 0 Å². The van der Waals surface area contributed by atoms with Crippen LogP contribution in [0.2, 0.25) is 0 Å². The summed E-state index contributed by atoms with van der Waals surface area (Å²) >= 11 is 0. The van der Waals surface area contributed by atoms with Crippen LogP contribution < -0.4 is 10.1 Å². The van der Waals surface area contributed by atoms with E-state index in [1.165, 1.54) is 0 Å². The maximum Gasteiger partial charge on any atom is 0.240 e. The summed E-state index contributed by atoms with van der Waals surface area (Å²) in [6, 6.07) is 26.9. The molecule has 2 aromatic heterocycles. The molecule has 0 radical (unpaired) electrons. The molecule has 0 spiro atoms. The molecule has 0 fully saturated rings. The van der Waals surface area contributed by atoms with Crippen LogP contribution in [0.15, 0.2) is 89.3 Å². The minimum Gasteiger partial charge on any atom is -0.486 e. The van der Waals surface area contributed by atoms with Gasteiger partial charge in [0.15, 0.2) is 0 Å². The lowest BCUT2D eigenvalue weighted by molar-refractivity contribution is -0.122. The van der Waals surface area contributed by atoms with Crippen molar-refractivity contribution in [1.82, 2.24) is 14.9 Å². The van der Waals surface area contributed by atoms with Gasteiger partial charge in [-0.2, -0.15) is 0 Å². The molecule has 0 saturated carbocycles. The average molecular weight is 425 g/mol. The minimum atomic E-state index is -0.256. The quantitative estimate of drug-likeness (QED) is 0.387. The molecule has 0 aliphatic heterocycles. The normalized spacial score (nSPS) is 12.2. The zero-order valence-electron chi connectivity index (χ0n) is 17.7. The van der Waals surface area contributed by atoms with Crippen molar-refractivity contribution in [2.24, 2.45) is 0 Å². The van der Waals surface area contributed by atoms with Gasteiger partial charge in [0.2, 0.25) is 5.91 Å². The molecule has 5 aromatic rings. The fourth-order valence-corrected chi connectivity index (χ4v) is 3.79. The van der Waals surface area contributed by atoms with Crippen LogP contribution in [0.5, 0.6) is 5.75 Å². The third kappa shape index (κ3) is 4.07. The van der Waals surface area contributed by atoms with Gasteiger partial charge in [0.05, 0.1) is 17.1 Å². The largest absolute Gasteiger partial charge is 0.486 e. The summed E-state index contributed by atoms with van der Waals surface area (Å²) in [4.78, 5) is 17.6. The molecular formula is C26H23N3O3. The summed E-state index contributed by atoms with van der Waals surface area (Å²) in [5.74, 6) is 2.06. The second-order valence-corrected chi connectivity index (χ2v) is 7.68. The highest BCUT2D eigenvalue weighted by atomic mass is 16.5. The van der Waals surface area contributed by atoms with Crippen molar-refractivity contribution in [1.29, 1.82) is 0 Å². The maximum absolute atomic E-state index is 12.9. The van der Waals surface area contributed by atoms with Crippen LogP contribution in [0.25, 0.3) is 22.0 Å². The van der Waals surface area contributed by atoms with E-state index in [-0.39, 0.29) is 25.1 Å². The van der Waals surface area contributed by atoms with Gasteiger partial charge in [-0.25, -0.2) is 4.98 Å². The lowest BCUT2D eigenvalue weighted by atomic mass is 10.2. The number of carbonyl (C=O) groups is 1. The monoisotopic (exact) mass is 425 g/mol. The molecule has 0 aliphatic carbocycles. The van der Waals surface area contributed by atoms with Crippen LogP contribution >= 0.6 is 0 Å². The van der Waals surface area contributed by atoms with Crippen molar-refractivity contribution in [3.05, 3.63) is 96.5 Å². The van der Waals surface area contributed by atoms with Crippen LogP contribution in [0.4, 0.5) is 0 Å². The van der Waals surface area contributed by atoms with Gasteiger partial charge in [-0.3, -0.25) is 4.79 Å². The highest BCUT2D eigenvalue weighted by Crippen LogP contribution is 2.24. The van der Waals surface area contributed by atoms with Gasteiger partial charge < -0.3 is 19.0 Å². The molecule has 6 heteroatoms. The number of hydrogen-bond acceptors (Lipinski definition) is 4. The van der Waals surface area contributed by atoms with Gasteiger partial charge in [-0.15, -0.1) is 0 Å². The van der Waals surface area contributed by atoms with E-state index in [4.69, 9.17) is 9.15 Å². The van der Waals surface area contributed by atoms with E-state index in [9.17, 15) is 4.79 Å². The Labute approximate surface area is 185 Å². The van der Waals surface area contributed by atoms with Crippen molar-refractivity contribution in [2.45, 2.75) is 26.1 Å². The smallest absolute Gasteiger partial charge is 0.240 e. The molecule has 2 heterocycles. The van der Waals surface area contributed by atoms with Gasteiger partial charge in [0, 0.05) is 5.39 Å². The number of hydrogen-bond donors (Lipinski definition) is 1. The zero-order valence-corrected chi connectivity index (χ0v) is 17.7. The van der Waals surface area contributed by atoms with E-state index in [0.29, 0.717) is 5.82 Å². The van der Waals surface area contributed by atoms with Crippen molar-refractivity contribution < 1.29 is 13.9 Å². The summed E-state index contributed by atoms with van der Waals surface area (Å²) in [7, 11) is 0. The van der Waals surface area contributed by atoms with Crippen LogP contribution in [0.3, 0.4) is 0 Å². The molecule has 5 rings (SSSR count). The molecule has 1 N–H and O–H groups in total. The van der Waals surface area contributed by atoms with Gasteiger partial charge in [0.25, 0.3) is 0 Å². The van der Waals surface area contributed by atoms with E-state index in [1.54, 1.807) is 0 Å². The molecule has 0 saturated heterocycles. The summed E-state index contributed by atoms with van der Waals surface area (Å²) in [6.07, 6.45) is 0. The highest BCUT2D eigenvalue weighted by Gasteiger charge is 2.18. The SMILES string of the molecule is C[C@H](NC(=O)Cn1c(COc2ccccc2)nc2ccccc21)c1cc2ccccc2o1. The molecule has 0 bridgehead atoms. The van der Waals surface area contributed by atoms with Gasteiger partial charge in [0.1, 0.15) is 36.1 Å². The first-order valence-corrected chi connectivity index (χ1v) is 10.6. The number of amides is 1. The second-order valence-electron chi connectivity index (χ2n) is 7.68. The first-order chi connectivity index (χ1) is 15.7. The number of benzene rings is 3. The fraction of sp³-hybridized carbons (Fsp3) is 0.154. The Bertz CT molecular complexity index is 1340. The lowest BCUT2D eigenvalue weighted by Gasteiger charge is -2.14. The molecule has 0 aliphatic rings. The summed E-state index contributed by atoms with van der Waals surface area (Å²) in [5, 5.41) is 4.06. The number of fused-ring (bicyclic) bond motifs is 2. The summed E-state index contributed by atoms with van der Waals surface area (Å²) in [6.45, 7) is 2.32. The Morgan fingerprint density at radius 3 is 2.62 bits per heavy atom. The number of ether oxygens (including phenoxy) is 1. The van der Waals surface area contributed by atoms with Gasteiger partial charge >= 0.3 is 0 Å². The van der Waals surface area contributed by atoms with E-state index in [1.807, 2.05) is 96.4 Å². The second kappa shape index (κ2) is 8.59. The Morgan fingerprint density at radius 1 is 1.03 bits per heavy atom. The zero-order chi connectivity index (χ0) is 21.9. The Morgan fingerprint density at radius 2 is 1.78 bits per heavy atom. The number of imidazole rings is 1. The molecular weight excluding hydrogens is 402 g/mol. The lowest BCUT2D eigenvalue weighted by Crippen LogP contribution is -2.30. The maximum atomic E-state index is 12.9. The first kappa shape index (κ1) is 19.9. The van der Waals surface area contributed by atoms with Crippen LogP contribution in [0.1, 0.15) is 24.6 Å². The molecule has 1 atom stereocenters. The number of carbonyl (C=O) groups excluding carboxylic acids is 1.